The normalized spacial score (nSPS) is 10.9. The fraction of sp³-hybridized carbons (Fsp3) is 0.0909. The predicted octanol–water partition coefficient (Wildman–Crippen LogP) is 6.58. The van der Waals surface area contributed by atoms with E-state index in [-0.39, 0.29) is 12.3 Å². The molecule has 3 aromatic carbocycles. The lowest BCUT2D eigenvalue weighted by Crippen LogP contribution is -2.19. The third-order valence-corrected chi connectivity index (χ3v) is 6.38. The Labute approximate surface area is 215 Å². The van der Waals surface area contributed by atoms with Gasteiger partial charge in [-0.25, -0.2) is 5.43 Å². The number of carbonyl (C=O) groups is 1. The summed E-state index contributed by atoms with van der Waals surface area (Å²) in [7, 11) is 0. The molecule has 0 saturated carbocycles. The van der Waals surface area contributed by atoms with Crippen LogP contribution < -0.4 is 10.2 Å². The van der Waals surface area contributed by atoms with Gasteiger partial charge in [0.25, 0.3) is 0 Å². The fourth-order valence-corrected chi connectivity index (χ4v) is 5.05. The Hall–Kier alpha value is -1.17. The van der Waals surface area contributed by atoms with Crippen molar-refractivity contribution in [3.63, 3.8) is 0 Å². The molecule has 154 valence electrons. The average Bonchev–Trinajstić information content (AvgIpc) is 2.70. The van der Waals surface area contributed by atoms with Crippen LogP contribution in [0.3, 0.4) is 0 Å². The third kappa shape index (κ3) is 7.21. The number of hydrazone groups is 1. The minimum absolute atomic E-state index is 0.166. The van der Waals surface area contributed by atoms with E-state index in [1.807, 2.05) is 60.7 Å². The van der Waals surface area contributed by atoms with Crippen LogP contribution in [0.25, 0.3) is 0 Å². The van der Waals surface area contributed by atoms with E-state index in [1.165, 1.54) is 0 Å². The molecule has 0 heterocycles. The van der Waals surface area contributed by atoms with Gasteiger partial charge in [-0.2, -0.15) is 5.10 Å². The largest absolute Gasteiger partial charge is 0.487 e. The second-order valence-corrected chi connectivity index (χ2v) is 10.0. The highest BCUT2D eigenvalue weighted by Gasteiger charge is 2.09. The predicted molar refractivity (Wildman–Crippen MR) is 141 cm³/mol. The maximum Gasteiger partial charge on any atom is 0.244 e. The Morgan fingerprint density at radius 3 is 2.27 bits per heavy atom. The first-order valence-electron chi connectivity index (χ1n) is 8.83. The van der Waals surface area contributed by atoms with Gasteiger partial charge >= 0.3 is 0 Å². The molecule has 0 fully saturated rings. The van der Waals surface area contributed by atoms with Crippen LogP contribution in [-0.2, 0) is 17.8 Å². The highest BCUT2D eigenvalue weighted by molar-refractivity contribution is 14.1. The molecular weight excluding hydrogens is 693 g/mol. The zero-order valence-corrected chi connectivity index (χ0v) is 22.2. The van der Waals surface area contributed by atoms with Gasteiger partial charge in [0.15, 0.2) is 0 Å². The summed E-state index contributed by atoms with van der Waals surface area (Å²) in [5.74, 6) is 0.656. The summed E-state index contributed by atoms with van der Waals surface area (Å²) in [5.41, 5.74) is 5.43. The lowest BCUT2D eigenvalue weighted by atomic mass is 10.1. The van der Waals surface area contributed by atoms with E-state index in [4.69, 9.17) is 16.3 Å². The SMILES string of the molecule is O=C(Cc1ccc(Br)cc1)N/N=C\c1cc(I)c(OCc2ccc(Cl)cc2)c(I)c1. The third-order valence-electron chi connectivity index (χ3n) is 4.00. The molecule has 0 aromatic heterocycles. The van der Waals surface area contributed by atoms with Gasteiger partial charge in [0.05, 0.1) is 19.8 Å². The first-order chi connectivity index (χ1) is 14.4. The molecule has 0 radical (unpaired) electrons. The molecule has 0 saturated heterocycles. The van der Waals surface area contributed by atoms with E-state index in [0.717, 1.165) is 34.1 Å². The second-order valence-electron chi connectivity index (χ2n) is 6.33. The van der Waals surface area contributed by atoms with Crippen molar-refractivity contribution in [2.24, 2.45) is 5.10 Å². The van der Waals surface area contributed by atoms with Crippen molar-refractivity contribution < 1.29 is 9.53 Å². The fourth-order valence-electron chi connectivity index (χ4n) is 2.53. The van der Waals surface area contributed by atoms with E-state index < -0.39 is 0 Å². The zero-order chi connectivity index (χ0) is 21.5. The molecule has 0 unspecified atom stereocenters. The van der Waals surface area contributed by atoms with Gasteiger partial charge in [0.1, 0.15) is 12.4 Å². The summed E-state index contributed by atoms with van der Waals surface area (Å²) in [6.07, 6.45) is 1.91. The first kappa shape index (κ1) is 23.5. The van der Waals surface area contributed by atoms with Crippen molar-refractivity contribution in [3.8, 4) is 5.75 Å². The van der Waals surface area contributed by atoms with E-state index >= 15 is 0 Å². The lowest BCUT2D eigenvalue weighted by Gasteiger charge is -2.11. The summed E-state index contributed by atoms with van der Waals surface area (Å²) in [6.45, 7) is 0.461. The van der Waals surface area contributed by atoms with Gasteiger partial charge in [-0.3, -0.25) is 4.79 Å². The van der Waals surface area contributed by atoms with Crippen LogP contribution in [0.15, 0.2) is 70.2 Å². The van der Waals surface area contributed by atoms with Crippen molar-refractivity contribution in [1.82, 2.24) is 5.43 Å². The number of carbonyl (C=O) groups excluding carboxylic acids is 1. The highest BCUT2D eigenvalue weighted by atomic mass is 127. The van der Waals surface area contributed by atoms with E-state index in [9.17, 15) is 4.79 Å². The zero-order valence-electron chi connectivity index (χ0n) is 15.5. The van der Waals surface area contributed by atoms with E-state index in [1.54, 1.807) is 6.21 Å². The molecule has 8 heteroatoms. The van der Waals surface area contributed by atoms with Gasteiger partial charge in [-0.1, -0.05) is 51.8 Å². The summed E-state index contributed by atoms with van der Waals surface area (Å²) < 4.78 is 8.91. The quantitative estimate of drug-likeness (QED) is 0.171. The Balaban J connectivity index is 1.57. The molecule has 1 N–H and O–H groups in total. The van der Waals surface area contributed by atoms with E-state index in [0.29, 0.717) is 11.6 Å². The summed E-state index contributed by atoms with van der Waals surface area (Å²) >= 11 is 13.8. The number of hydrogen-bond acceptors (Lipinski definition) is 3. The highest BCUT2D eigenvalue weighted by Crippen LogP contribution is 2.29. The standard InChI is InChI=1S/C22H16BrClI2N2O2/c23-17-5-1-14(2-6-17)11-21(29)28-27-12-16-9-19(25)22(20(26)10-16)30-13-15-3-7-18(24)8-4-15/h1-10,12H,11,13H2,(H,28,29)/b27-12-. The minimum atomic E-state index is -0.166. The van der Waals surface area contributed by atoms with Crippen molar-refractivity contribution in [2.45, 2.75) is 13.0 Å². The molecule has 1 amide bonds. The molecule has 0 spiro atoms. The van der Waals surface area contributed by atoms with Crippen LogP contribution in [-0.4, -0.2) is 12.1 Å². The van der Waals surface area contributed by atoms with Gasteiger partial charge in [0.2, 0.25) is 5.91 Å². The maximum absolute atomic E-state index is 12.0. The Bertz CT molecular complexity index is 1030. The number of rotatable bonds is 7. The summed E-state index contributed by atoms with van der Waals surface area (Å²) in [4.78, 5) is 12.0. The molecule has 0 aliphatic rings. The maximum atomic E-state index is 12.0. The molecule has 4 nitrogen and oxygen atoms in total. The average molecular weight is 710 g/mol. The molecule has 3 rings (SSSR count). The molecule has 0 bridgehead atoms. The van der Waals surface area contributed by atoms with Gasteiger partial charge in [-0.15, -0.1) is 0 Å². The topological polar surface area (TPSA) is 50.7 Å². The van der Waals surface area contributed by atoms with Gasteiger partial charge in [0, 0.05) is 9.50 Å². The summed E-state index contributed by atoms with van der Waals surface area (Å²) in [6, 6.07) is 19.1. The summed E-state index contributed by atoms with van der Waals surface area (Å²) in [5, 5.41) is 4.78. The Kier molecular flexibility index (Phi) is 8.97. The smallest absolute Gasteiger partial charge is 0.244 e. The van der Waals surface area contributed by atoms with Crippen LogP contribution in [0, 0.1) is 7.14 Å². The second kappa shape index (κ2) is 11.4. The number of nitrogens with one attached hydrogen (secondary N) is 1. The van der Waals surface area contributed by atoms with E-state index in [2.05, 4.69) is 71.6 Å². The van der Waals surface area contributed by atoms with Crippen LogP contribution in [0.2, 0.25) is 5.02 Å². The number of hydrogen-bond donors (Lipinski definition) is 1. The molecule has 0 aliphatic heterocycles. The number of halogens is 4. The number of benzene rings is 3. The lowest BCUT2D eigenvalue weighted by molar-refractivity contribution is -0.120. The molecule has 0 atom stereocenters. The van der Waals surface area contributed by atoms with Crippen LogP contribution in [0.4, 0.5) is 0 Å². The van der Waals surface area contributed by atoms with Crippen molar-refractivity contribution in [1.29, 1.82) is 0 Å². The Morgan fingerprint density at radius 1 is 1.03 bits per heavy atom. The molecular formula is C22H16BrClI2N2O2. The van der Waals surface area contributed by atoms with Crippen LogP contribution >= 0.6 is 72.7 Å². The first-order valence-corrected chi connectivity index (χ1v) is 12.2. The Morgan fingerprint density at radius 2 is 1.63 bits per heavy atom. The number of nitrogens with zero attached hydrogens (tertiary/aromatic N) is 1. The molecule has 0 aliphatic carbocycles. The van der Waals surface area contributed by atoms with Gasteiger partial charge < -0.3 is 4.74 Å². The minimum Gasteiger partial charge on any atom is -0.487 e. The van der Waals surface area contributed by atoms with Crippen LogP contribution in [0.5, 0.6) is 5.75 Å². The number of amides is 1. The molecule has 30 heavy (non-hydrogen) atoms. The van der Waals surface area contributed by atoms with Crippen molar-refractivity contribution in [3.05, 3.63) is 94.0 Å². The number of ether oxygens (including phenoxy) is 1. The van der Waals surface area contributed by atoms with Gasteiger partial charge in [-0.05, 0) is 98.3 Å². The van der Waals surface area contributed by atoms with Crippen molar-refractivity contribution in [2.75, 3.05) is 0 Å². The van der Waals surface area contributed by atoms with Crippen molar-refractivity contribution >= 4 is 84.8 Å². The monoisotopic (exact) mass is 708 g/mol. The van der Waals surface area contributed by atoms with Crippen LogP contribution in [0.1, 0.15) is 16.7 Å². The molecule has 3 aromatic rings.